The maximum Gasteiger partial charge on any atom is 0.237 e. The normalized spacial score (nSPS) is 18.5. The summed E-state index contributed by atoms with van der Waals surface area (Å²) in [7, 11) is 1.65. The molecule has 1 aliphatic rings. The number of hydrogen-bond acceptors (Lipinski definition) is 3. The van der Waals surface area contributed by atoms with E-state index in [9.17, 15) is 4.79 Å². The van der Waals surface area contributed by atoms with Gasteiger partial charge >= 0.3 is 0 Å². The summed E-state index contributed by atoms with van der Waals surface area (Å²) in [6.07, 6.45) is 0. The molecule has 3 nitrogen and oxygen atoms in total. The molecule has 0 saturated carbocycles. The molecule has 4 heteroatoms. The Hall–Kier alpha value is -2.85. The van der Waals surface area contributed by atoms with E-state index in [4.69, 9.17) is 4.74 Å². The SMILES string of the molecule is COc1ccc(N2C(=O)[C@@H](C(=C(C)C)c3ccccc3)[C@@H]2c2cccs2)cc1. The Bertz CT molecular complexity index is 987. The molecule has 3 aromatic rings. The van der Waals surface area contributed by atoms with Crippen LogP contribution in [0.5, 0.6) is 5.75 Å². The van der Waals surface area contributed by atoms with Crippen molar-refractivity contribution >= 4 is 28.5 Å². The summed E-state index contributed by atoms with van der Waals surface area (Å²) in [4.78, 5) is 16.5. The van der Waals surface area contributed by atoms with Gasteiger partial charge in [-0.3, -0.25) is 4.79 Å². The van der Waals surface area contributed by atoms with Gasteiger partial charge in [-0.1, -0.05) is 42.0 Å². The Balaban J connectivity index is 1.77. The molecule has 28 heavy (non-hydrogen) atoms. The molecule has 2 atom stereocenters. The van der Waals surface area contributed by atoms with Gasteiger partial charge in [0, 0.05) is 10.6 Å². The number of allylic oxidation sites excluding steroid dienone is 1. The first kappa shape index (κ1) is 18.5. The highest BCUT2D eigenvalue weighted by Crippen LogP contribution is 2.51. The lowest BCUT2D eigenvalue weighted by Crippen LogP contribution is -2.55. The zero-order chi connectivity index (χ0) is 19.7. The number of benzene rings is 2. The predicted octanol–water partition coefficient (Wildman–Crippen LogP) is 5.95. The maximum absolute atomic E-state index is 13.4. The summed E-state index contributed by atoms with van der Waals surface area (Å²) in [5.41, 5.74) is 4.34. The van der Waals surface area contributed by atoms with Gasteiger partial charge in [0.1, 0.15) is 5.75 Å². The summed E-state index contributed by atoms with van der Waals surface area (Å²) in [5.74, 6) is 0.756. The Morgan fingerprint density at radius 2 is 1.68 bits per heavy atom. The lowest BCUT2D eigenvalue weighted by atomic mass is 9.75. The van der Waals surface area contributed by atoms with E-state index < -0.39 is 0 Å². The van der Waals surface area contributed by atoms with E-state index in [1.807, 2.05) is 47.4 Å². The number of β-lactam (4-membered cyclic amide) rings is 1. The molecule has 0 bridgehead atoms. The van der Waals surface area contributed by atoms with Gasteiger partial charge in [0.25, 0.3) is 0 Å². The Labute approximate surface area is 169 Å². The van der Waals surface area contributed by atoms with Crippen molar-refractivity contribution in [1.82, 2.24) is 0 Å². The zero-order valence-corrected chi connectivity index (χ0v) is 17.1. The molecular formula is C24H23NO2S. The number of anilines is 1. The van der Waals surface area contributed by atoms with E-state index in [1.165, 1.54) is 10.5 Å². The molecule has 1 fully saturated rings. The second kappa shape index (κ2) is 7.64. The summed E-state index contributed by atoms with van der Waals surface area (Å²) in [5, 5.41) is 2.08. The fourth-order valence-electron chi connectivity index (χ4n) is 3.95. The fourth-order valence-corrected chi connectivity index (χ4v) is 4.80. The Kier molecular flexibility index (Phi) is 5.05. The highest BCUT2D eigenvalue weighted by Gasteiger charge is 2.51. The van der Waals surface area contributed by atoms with E-state index in [1.54, 1.807) is 18.4 Å². The van der Waals surface area contributed by atoms with Crippen LogP contribution in [0.25, 0.3) is 5.57 Å². The zero-order valence-electron chi connectivity index (χ0n) is 16.3. The highest BCUT2D eigenvalue weighted by atomic mass is 32.1. The molecule has 4 rings (SSSR count). The molecule has 0 N–H and O–H groups in total. The largest absolute Gasteiger partial charge is 0.497 e. The van der Waals surface area contributed by atoms with Crippen molar-refractivity contribution in [3.05, 3.63) is 88.1 Å². The molecule has 1 aromatic heterocycles. The van der Waals surface area contributed by atoms with Crippen LogP contribution in [0.3, 0.4) is 0 Å². The van der Waals surface area contributed by atoms with Crippen LogP contribution in [-0.4, -0.2) is 13.0 Å². The Morgan fingerprint density at radius 1 is 0.964 bits per heavy atom. The van der Waals surface area contributed by atoms with Gasteiger partial charge in [-0.05, 0) is 60.7 Å². The summed E-state index contributed by atoms with van der Waals surface area (Å²) < 4.78 is 5.27. The number of amides is 1. The molecular weight excluding hydrogens is 366 g/mol. The third-order valence-electron chi connectivity index (χ3n) is 5.22. The van der Waals surface area contributed by atoms with E-state index >= 15 is 0 Å². The molecule has 1 aliphatic heterocycles. The summed E-state index contributed by atoms with van der Waals surface area (Å²) in [6, 6.07) is 22.2. The molecule has 2 aromatic carbocycles. The van der Waals surface area contributed by atoms with Gasteiger partial charge in [-0.25, -0.2) is 0 Å². The first-order valence-corrected chi connectivity index (χ1v) is 10.2. The van der Waals surface area contributed by atoms with Gasteiger partial charge in [0.15, 0.2) is 0 Å². The number of methoxy groups -OCH3 is 1. The second-order valence-electron chi connectivity index (χ2n) is 7.12. The van der Waals surface area contributed by atoms with Crippen molar-refractivity contribution in [2.75, 3.05) is 12.0 Å². The van der Waals surface area contributed by atoms with Crippen LogP contribution >= 0.6 is 11.3 Å². The lowest BCUT2D eigenvalue weighted by molar-refractivity contribution is -0.127. The van der Waals surface area contributed by atoms with Gasteiger partial charge in [0.2, 0.25) is 5.91 Å². The van der Waals surface area contributed by atoms with E-state index in [0.717, 1.165) is 22.6 Å². The number of carbonyl (C=O) groups excluding carboxylic acids is 1. The van der Waals surface area contributed by atoms with Crippen LogP contribution in [-0.2, 0) is 4.79 Å². The van der Waals surface area contributed by atoms with Gasteiger partial charge in [-0.15, -0.1) is 11.3 Å². The van der Waals surface area contributed by atoms with Crippen molar-refractivity contribution in [3.8, 4) is 5.75 Å². The molecule has 1 saturated heterocycles. The van der Waals surface area contributed by atoms with Crippen molar-refractivity contribution in [3.63, 3.8) is 0 Å². The number of thiophene rings is 1. The minimum atomic E-state index is -0.173. The van der Waals surface area contributed by atoms with Crippen molar-refractivity contribution in [1.29, 1.82) is 0 Å². The van der Waals surface area contributed by atoms with Crippen molar-refractivity contribution in [2.24, 2.45) is 5.92 Å². The van der Waals surface area contributed by atoms with Crippen LogP contribution in [0, 0.1) is 5.92 Å². The van der Waals surface area contributed by atoms with Crippen LogP contribution in [0.4, 0.5) is 5.69 Å². The van der Waals surface area contributed by atoms with Crippen molar-refractivity contribution in [2.45, 2.75) is 19.9 Å². The first-order chi connectivity index (χ1) is 13.6. The van der Waals surface area contributed by atoms with Crippen LogP contribution in [0.1, 0.15) is 30.3 Å². The molecule has 0 spiro atoms. The van der Waals surface area contributed by atoms with Crippen LogP contribution < -0.4 is 9.64 Å². The monoisotopic (exact) mass is 389 g/mol. The quantitative estimate of drug-likeness (QED) is 0.504. The third kappa shape index (κ3) is 3.14. The molecule has 142 valence electrons. The number of ether oxygens (including phenoxy) is 1. The summed E-state index contributed by atoms with van der Waals surface area (Å²) in [6.45, 7) is 4.19. The van der Waals surface area contributed by atoms with E-state index in [0.29, 0.717) is 0 Å². The second-order valence-corrected chi connectivity index (χ2v) is 8.10. The Morgan fingerprint density at radius 3 is 2.25 bits per heavy atom. The van der Waals surface area contributed by atoms with Gasteiger partial charge in [-0.2, -0.15) is 0 Å². The van der Waals surface area contributed by atoms with Crippen LogP contribution in [0.15, 0.2) is 77.7 Å². The molecule has 0 aliphatic carbocycles. The molecule has 1 amide bonds. The molecule has 2 heterocycles. The lowest BCUT2D eigenvalue weighted by Gasteiger charge is -2.48. The average Bonchev–Trinajstić information content (AvgIpc) is 3.24. The van der Waals surface area contributed by atoms with Crippen molar-refractivity contribution < 1.29 is 9.53 Å². The fraction of sp³-hybridized carbons (Fsp3) is 0.208. The molecule has 0 radical (unpaired) electrons. The number of carbonyl (C=O) groups is 1. The number of hydrogen-bond donors (Lipinski definition) is 0. The number of rotatable bonds is 5. The van der Waals surface area contributed by atoms with Crippen LogP contribution in [0.2, 0.25) is 0 Å². The average molecular weight is 390 g/mol. The topological polar surface area (TPSA) is 29.5 Å². The smallest absolute Gasteiger partial charge is 0.237 e. The first-order valence-electron chi connectivity index (χ1n) is 9.35. The number of nitrogens with zero attached hydrogens (tertiary/aromatic N) is 1. The van der Waals surface area contributed by atoms with E-state index in [2.05, 4.69) is 43.5 Å². The predicted molar refractivity (Wildman–Crippen MR) is 116 cm³/mol. The minimum absolute atomic E-state index is 0.00556. The standard InChI is InChI=1S/C24H23NO2S/c1-16(2)21(17-8-5-4-6-9-17)22-23(20-10-7-15-28-20)25(24(22)26)18-11-13-19(27-3)14-12-18/h4-15,22-23H,1-3H3/t22-,23-/m0/s1. The van der Waals surface area contributed by atoms with Gasteiger partial charge in [0.05, 0.1) is 19.1 Å². The molecule has 0 unspecified atom stereocenters. The minimum Gasteiger partial charge on any atom is -0.497 e. The maximum atomic E-state index is 13.4. The third-order valence-corrected chi connectivity index (χ3v) is 6.16. The summed E-state index contributed by atoms with van der Waals surface area (Å²) >= 11 is 1.70. The van der Waals surface area contributed by atoms with Gasteiger partial charge < -0.3 is 9.64 Å². The highest BCUT2D eigenvalue weighted by molar-refractivity contribution is 7.10. The van der Waals surface area contributed by atoms with E-state index in [-0.39, 0.29) is 17.9 Å².